The van der Waals surface area contributed by atoms with Crippen molar-refractivity contribution in [1.29, 1.82) is 0 Å². The molecule has 0 radical (unpaired) electrons. The summed E-state index contributed by atoms with van der Waals surface area (Å²) in [6, 6.07) is 0.0975. The number of nitrogens with zero attached hydrogens (tertiary/aromatic N) is 1. The molecule has 1 aliphatic rings. The molecule has 3 N–H and O–H groups in total. The van der Waals surface area contributed by atoms with Crippen LogP contribution in [0.1, 0.15) is 26.2 Å². The molecule has 6 heteroatoms. The summed E-state index contributed by atoms with van der Waals surface area (Å²) in [5.74, 6) is -0.0956. The van der Waals surface area contributed by atoms with E-state index in [9.17, 15) is 9.59 Å². The molecule has 1 saturated heterocycles. The van der Waals surface area contributed by atoms with Gasteiger partial charge in [-0.3, -0.25) is 9.59 Å². The van der Waals surface area contributed by atoms with Gasteiger partial charge in [-0.05, 0) is 12.8 Å². The van der Waals surface area contributed by atoms with Crippen LogP contribution in [0.2, 0.25) is 0 Å². The Kier molecular flexibility index (Phi) is 7.08. The van der Waals surface area contributed by atoms with Crippen LogP contribution in [-0.4, -0.2) is 42.4 Å². The Morgan fingerprint density at radius 2 is 2.19 bits per heavy atom. The number of hydrogen-bond acceptors (Lipinski definition) is 3. The van der Waals surface area contributed by atoms with Crippen LogP contribution in [0.15, 0.2) is 0 Å². The zero-order chi connectivity index (χ0) is 11.3. The zero-order valence-electron chi connectivity index (χ0n) is 9.57. The Bertz CT molecular complexity index is 248. The molecule has 0 bridgehead atoms. The molecule has 1 fully saturated rings. The Morgan fingerprint density at radius 1 is 1.50 bits per heavy atom. The first-order chi connectivity index (χ1) is 7.13. The fourth-order valence-electron chi connectivity index (χ4n) is 1.62. The predicted molar refractivity (Wildman–Crippen MR) is 64.3 cm³/mol. The number of carbonyl (C=O) groups is 2. The third kappa shape index (κ3) is 4.81. The van der Waals surface area contributed by atoms with Crippen molar-refractivity contribution in [3.05, 3.63) is 0 Å². The third-order valence-corrected chi connectivity index (χ3v) is 2.49. The van der Waals surface area contributed by atoms with Gasteiger partial charge in [-0.15, -0.1) is 12.4 Å². The highest BCUT2D eigenvalue weighted by molar-refractivity contribution is 5.85. The lowest BCUT2D eigenvalue weighted by Crippen LogP contribution is -2.40. The average molecular weight is 250 g/mol. The van der Waals surface area contributed by atoms with Crippen LogP contribution in [0.3, 0.4) is 0 Å². The molecule has 0 saturated carbocycles. The summed E-state index contributed by atoms with van der Waals surface area (Å²) in [6.45, 7) is 3.36. The molecule has 0 aromatic carbocycles. The van der Waals surface area contributed by atoms with Crippen molar-refractivity contribution in [2.45, 2.75) is 32.2 Å². The zero-order valence-corrected chi connectivity index (χ0v) is 10.4. The lowest BCUT2D eigenvalue weighted by Gasteiger charge is -2.15. The van der Waals surface area contributed by atoms with E-state index in [-0.39, 0.29) is 36.8 Å². The molecule has 0 aliphatic carbocycles. The second-order valence-electron chi connectivity index (χ2n) is 3.92. The second-order valence-corrected chi connectivity index (χ2v) is 3.92. The minimum atomic E-state index is -0.0608. The molecule has 1 heterocycles. The highest BCUT2D eigenvalue weighted by Gasteiger charge is 2.23. The first-order valence-electron chi connectivity index (χ1n) is 5.43. The molecule has 94 valence electrons. The van der Waals surface area contributed by atoms with Gasteiger partial charge in [-0.2, -0.15) is 0 Å². The molecule has 0 aromatic rings. The molecule has 2 amide bonds. The fraction of sp³-hybridized carbons (Fsp3) is 0.800. The highest BCUT2D eigenvalue weighted by atomic mass is 35.5. The molecule has 5 nitrogen and oxygen atoms in total. The summed E-state index contributed by atoms with van der Waals surface area (Å²) < 4.78 is 0. The van der Waals surface area contributed by atoms with Gasteiger partial charge in [-0.25, -0.2) is 0 Å². The maximum atomic E-state index is 11.6. The largest absolute Gasteiger partial charge is 0.347 e. The predicted octanol–water partition coefficient (Wildman–Crippen LogP) is -0.116. The summed E-state index contributed by atoms with van der Waals surface area (Å²) in [4.78, 5) is 24.4. The minimum Gasteiger partial charge on any atom is -0.347 e. The first kappa shape index (κ1) is 15.2. The number of halogens is 1. The van der Waals surface area contributed by atoms with Gasteiger partial charge in [-0.1, -0.05) is 6.92 Å². The van der Waals surface area contributed by atoms with Gasteiger partial charge in [0.05, 0.1) is 6.54 Å². The summed E-state index contributed by atoms with van der Waals surface area (Å²) >= 11 is 0. The van der Waals surface area contributed by atoms with Crippen LogP contribution in [0.4, 0.5) is 0 Å². The lowest BCUT2D eigenvalue weighted by atomic mass is 10.3. The summed E-state index contributed by atoms with van der Waals surface area (Å²) in [6.07, 6.45) is 2.13. The third-order valence-electron chi connectivity index (χ3n) is 2.49. The van der Waals surface area contributed by atoms with Gasteiger partial charge >= 0.3 is 0 Å². The van der Waals surface area contributed by atoms with Crippen molar-refractivity contribution in [1.82, 2.24) is 10.2 Å². The Hall–Kier alpha value is -0.810. The van der Waals surface area contributed by atoms with E-state index in [0.29, 0.717) is 19.5 Å². The Morgan fingerprint density at radius 3 is 2.69 bits per heavy atom. The van der Waals surface area contributed by atoms with E-state index >= 15 is 0 Å². The van der Waals surface area contributed by atoms with Gasteiger partial charge in [0.25, 0.3) is 0 Å². The van der Waals surface area contributed by atoms with Crippen LogP contribution in [0.5, 0.6) is 0 Å². The lowest BCUT2D eigenvalue weighted by molar-refractivity contribution is -0.132. The van der Waals surface area contributed by atoms with E-state index in [0.717, 1.165) is 12.8 Å². The quantitative estimate of drug-likeness (QED) is 0.730. The minimum absolute atomic E-state index is 0. The molecule has 1 atom stereocenters. The van der Waals surface area contributed by atoms with E-state index in [4.69, 9.17) is 5.73 Å². The van der Waals surface area contributed by atoms with Gasteiger partial charge in [0.2, 0.25) is 11.8 Å². The summed E-state index contributed by atoms with van der Waals surface area (Å²) in [5.41, 5.74) is 5.69. The van der Waals surface area contributed by atoms with Crippen LogP contribution >= 0.6 is 12.4 Å². The number of hydrogen-bond donors (Lipinski definition) is 2. The maximum absolute atomic E-state index is 11.6. The van der Waals surface area contributed by atoms with Crippen molar-refractivity contribution < 1.29 is 9.59 Å². The van der Waals surface area contributed by atoms with Crippen LogP contribution in [0.25, 0.3) is 0 Å². The summed E-state index contributed by atoms with van der Waals surface area (Å²) in [5, 5.41) is 2.60. The summed E-state index contributed by atoms with van der Waals surface area (Å²) in [7, 11) is 0. The molecular formula is C10H20ClN3O2. The Labute approximate surface area is 102 Å². The number of nitrogens with one attached hydrogen (secondary N) is 1. The van der Waals surface area contributed by atoms with Crippen LogP contribution in [0, 0.1) is 0 Å². The van der Waals surface area contributed by atoms with Crippen LogP contribution < -0.4 is 11.1 Å². The van der Waals surface area contributed by atoms with Crippen molar-refractivity contribution in [3.63, 3.8) is 0 Å². The molecule has 0 spiro atoms. The molecule has 1 aliphatic heterocycles. The second kappa shape index (κ2) is 7.46. The number of likely N-dealkylation sites (tertiary alicyclic amines) is 1. The van der Waals surface area contributed by atoms with Gasteiger partial charge in [0.15, 0.2) is 0 Å². The molecule has 0 unspecified atom stereocenters. The number of amides is 2. The monoisotopic (exact) mass is 249 g/mol. The molecular weight excluding hydrogens is 230 g/mol. The normalized spacial score (nSPS) is 19.1. The van der Waals surface area contributed by atoms with E-state index in [1.807, 2.05) is 6.92 Å². The first-order valence-corrected chi connectivity index (χ1v) is 5.43. The van der Waals surface area contributed by atoms with Gasteiger partial charge in [0, 0.05) is 25.6 Å². The van der Waals surface area contributed by atoms with E-state index in [1.54, 1.807) is 4.90 Å². The highest BCUT2D eigenvalue weighted by Crippen LogP contribution is 2.06. The van der Waals surface area contributed by atoms with Crippen molar-refractivity contribution in [2.75, 3.05) is 19.6 Å². The van der Waals surface area contributed by atoms with E-state index < -0.39 is 0 Å². The number of rotatable bonds is 4. The van der Waals surface area contributed by atoms with Crippen molar-refractivity contribution >= 4 is 24.2 Å². The number of carbonyl (C=O) groups excluding carboxylic acids is 2. The molecule has 0 aromatic heterocycles. The Balaban J connectivity index is 0.00000225. The standard InChI is InChI=1S/C10H19N3O2.ClH/c1-2-3-9(14)12-6-10(15)13-5-4-8(11)7-13;/h8H,2-7,11H2,1H3,(H,12,14);1H/t8-;/m0./s1. The average Bonchev–Trinajstić information content (AvgIpc) is 2.62. The topological polar surface area (TPSA) is 75.4 Å². The van der Waals surface area contributed by atoms with Crippen LogP contribution in [-0.2, 0) is 9.59 Å². The number of nitrogens with two attached hydrogens (primary N) is 1. The van der Waals surface area contributed by atoms with Gasteiger partial charge in [0.1, 0.15) is 0 Å². The van der Waals surface area contributed by atoms with Crippen molar-refractivity contribution in [2.24, 2.45) is 5.73 Å². The van der Waals surface area contributed by atoms with Crippen molar-refractivity contribution in [3.8, 4) is 0 Å². The smallest absolute Gasteiger partial charge is 0.242 e. The molecule has 16 heavy (non-hydrogen) atoms. The molecule has 1 rings (SSSR count). The SMILES string of the molecule is CCCC(=O)NCC(=O)N1CC[C@H](N)C1.Cl. The maximum Gasteiger partial charge on any atom is 0.242 e. The van der Waals surface area contributed by atoms with Gasteiger partial charge < -0.3 is 16.0 Å². The fourth-order valence-corrected chi connectivity index (χ4v) is 1.62. The van der Waals surface area contributed by atoms with E-state index in [1.165, 1.54) is 0 Å². The van der Waals surface area contributed by atoms with E-state index in [2.05, 4.69) is 5.32 Å².